The highest BCUT2D eigenvalue weighted by atomic mass is 15.4. The van der Waals surface area contributed by atoms with Gasteiger partial charge in [-0.2, -0.15) is 5.10 Å². The summed E-state index contributed by atoms with van der Waals surface area (Å²) in [6, 6.07) is 5.97. The van der Waals surface area contributed by atoms with Gasteiger partial charge in [-0.15, -0.1) is 0 Å². The van der Waals surface area contributed by atoms with Crippen molar-refractivity contribution in [2.24, 2.45) is 0 Å². The van der Waals surface area contributed by atoms with E-state index in [9.17, 15) is 0 Å². The molecule has 0 aliphatic carbocycles. The number of aromatic nitrogens is 3. The Balaban J connectivity index is 1.83. The third-order valence-electron chi connectivity index (χ3n) is 2.94. The number of hydrogen-bond donors (Lipinski definition) is 1. The maximum atomic E-state index is 4.59. The van der Waals surface area contributed by atoms with Crippen molar-refractivity contribution in [1.82, 2.24) is 20.1 Å². The van der Waals surface area contributed by atoms with Crippen LogP contribution in [0.15, 0.2) is 36.8 Å². The zero-order valence-corrected chi connectivity index (χ0v) is 9.58. The van der Waals surface area contributed by atoms with Crippen LogP contribution >= 0.6 is 0 Å². The molecule has 1 N–H and O–H groups in total. The minimum Gasteiger partial charge on any atom is -0.353 e. The number of nitrogens with one attached hydrogen (secondary N) is 1. The molecule has 17 heavy (non-hydrogen) atoms. The van der Waals surface area contributed by atoms with Crippen LogP contribution in [0.5, 0.6) is 0 Å². The molecule has 2 aromatic heterocycles. The molecule has 1 fully saturated rings. The highest BCUT2D eigenvalue weighted by Gasteiger charge is 2.12. The molecule has 3 rings (SSSR count). The summed E-state index contributed by atoms with van der Waals surface area (Å²) in [5.74, 6) is 1.04. The predicted molar refractivity (Wildman–Crippen MR) is 66.4 cm³/mol. The van der Waals surface area contributed by atoms with Gasteiger partial charge in [0.2, 0.25) is 0 Å². The number of nitrogens with zero attached hydrogens (tertiary/aromatic N) is 4. The number of hydrogen-bond acceptors (Lipinski definition) is 4. The first-order chi connectivity index (χ1) is 8.43. The van der Waals surface area contributed by atoms with Gasteiger partial charge in [0.25, 0.3) is 0 Å². The third kappa shape index (κ3) is 2.14. The van der Waals surface area contributed by atoms with Crippen LogP contribution < -0.4 is 10.2 Å². The molecule has 2 aromatic rings. The summed E-state index contributed by atoms with van der Waals surface area (Å²) >= 11 is 0. The van der Waals surface area contributed by atoms with Gasteiger partial charge in [0.1, 0.15) is 0 Å². The lowest BCUT2D eigenvalue weighted by molar-refractivity contribution is 0.583. The van der Waals surface area contributed by atoms with Crippen molar-refractivity contribution >= 4 is 5.82 Å². The third-order valence-corrected chi connectivity index (χ3v) is 2.94. The number of piperazine rings is 1. The molecule has 1 aliphatic heterocycles. The fourth-order valence-electron chi connectivity index (χ4n) is 2.02. The molecule has 0 aromatic carbocycles. The number of rotatable bonds is 2. The highest BCUT2D eigenvalue weighted by molar-refractivity contribution is 5.40. The van der Waals surface area contributed by atoms with E-state index in [0.29, 0.717) is 0 Å². The Kier molecular flexibility index (Phi) is 2.75. The standard InChI is InChI=1S/C12H15N5/c1-4-13-5-2-11(1)17-8-3-12(15-17)16-9-6-14-7-10-16/h1-5,8,14H,6-7,9-10H2. The lowest BCUT2D eigenvalue weighted by atomic mass is 10.3. The average Bonchev–Trinajstić information content (AvgIpc) is 2.90. The van der Waals surface area contributed by atoms with Crippen LogP contribution in [0.1, 0.15) is 0 Å². The van der Waals surface area contributed by atoms with Crippen molar-refractivity contribution in [1.29, 1.82) is 0 Å². The molecular formula is C12H15N5. The van der Waals surface area contributed by atoms with Crippen LogP contribution in [0.4, 0.5) is 5.82 Å². The van der Waals surface area contributed by atoms with E-state index in [2.05, 4.69) is 26.4 Å². The molecule has 0 atom stereocenters. The van der Waals surface area contributed by atoms with Gasteiger partial charge in [-0.25, -0.2) is 4.68 Å². The van der Waals surface area contributed by atoms with Gasteiger partial charge in [0.05, 0.1) is 5.69 Å². The van der Waals surface area contributed by atoms with Gasteiger partial charge in [0, 0.05) is 50.8 Å². The molecule has 1 aliphatic rings. The van der Waals surface area contributed by atoms with Crippen molar-refractivity contribution in [2.75, 3.05) is 31.1 Å². The summed E-state index contributed by atoms with van der Waals surface area (Å²) in [5, 5.41) is 7.93. The van der Waals surface area contributed by atoms with Crippen LogP contribution in [0.25, 0.3) is 5.69 Å². The maximum Gasteiger partial charge on any atom is 0.151 e. The number of anilines is 1. The molecular weight excluding hydrogens is 214 g/mol. The van der Waals surface area contributed by atoms with Crippen LogP contribution in [-0.2, 0) is 0 Å². The first kappa shape index (κ1) is 10.3. The Morgan fingerprint density at radius 1 is 1.06 bits per heavy atom. The van der Waals surface area contributed by atoms with Gasteiger partial charge in [0.15, 0.2) is 5.82 Å². The van der Waals surface area contributed by atoms with Crippen molar-refractivity contribution in [3.05, 3.63) is 36.8 Å². The lowest BCUT2D eigenvalue weighted by Gasteiger charge is -2.27. The van der Waals surface area contributed by atoms with Gasteiger partial charge >= 0.3 is 0 Å². The quantitative estimate of drug-likeness (QED) is 0.822. The molecule has 0 spiro atoms. The second kappa shape index (κ2) is 4.55. The van der Waals surface area contributed by atoms with Crippen molar-refractivity contribution < 1.29 is 0 Å². The van der Waals surface area contributed by atoms with E-state index in [1.165, 1.54) is 0 Å². The van der Waals surface area contributed by atoms with Gasteiger partial charge < -0.3 is 10.2 Å². The first-order valence-corrected chi connectivity index (χ1v) is 5.85. The van der Waals surface area contributed by atoms with E-state index in [1.54, 1.807) is 12.4 Å². The fraction of sp³-hybridized carbons (Fsp3) is 0.333. The molecule has 0 unspecified atom stereocenters. The van der Waals surface area contributed by atoms with E-state index >= 15 is 0 Å². The molecule has 88 valence electrons. The molecule has 0 radical (unpaired) electrons. The average molecular weight is 229 g/mol. The van der Waals surface area contributed by atoms with Gasteiger partial charge in [-0.3, -0.25) is 4.98 Å². The van der Waals surface area contributed by atoms with Gasteiger partial charge in [-0.1, -0.05) is 0 Å². The van der Waals surface area contributed by atoms with Crippen LogP contribution in [-0.4, -0.2) is 40.9 Å². The van der Waals surface area contributed by atoms with E-state index < -0.39 is 0 Å². The summed E-state index contributed by atoms with van der Waals surface area (Å²) in [7, 11) is 0. The van der Waals surface area contributed by atoms with Crippen LogP contribution in [0.2, 0.25) is 0 Å². The van der Waals surface area contributed by atoms with Crippen LogP contribution in [0.3, 0.4) is 0 Å². The second-order valence-electron chi connectivity index (χ2n) is 4.06. The topological polar surface area (TPSA) is 46.0 Å². The van der Waals surface area contributed by atoms with Crippen molar-refractivity contribution in [2.45, 2.75) is 0 Å². The zero-order valence-electron chi connectivity index (χ0n) is 9.58. The lowest BCUT2D eigenvalue weighted by Crippen LogP contribution is -2.43. The molecule has 0 amide bonds. The summed E-state index contributed by atoms with van der Waals surface area (Å²) in [5.41, 5.74) is 1.04. The minimum atomic E-state index is 1.02. The van der Waals surface area contributed by atoms with E-state index in [1.807, 2.05) is 23.0 Å². The summed E-state index contributed by atoms with van der Waals surface area (Å²) in [6.07, 6.45) is 5.55. The number of pyridine rings is 1. The Morgan fingerprint density at radius 2 is 1.82 bits per heavy atom. The molecule has 3 heterocycles. The normalized spacial score (nSPS) is 16.1. The predicted octanol–water partition coefficient (Wildman–Crippen LogP) is 0.677. The Labute approximate surface area is 100 Å². The van der Waals surface area contributed by atoms with E-state index in [0.717, 1.165) is 37.7 Å². The maximum absolute atomic E-state index is 4.59. The zero-order chi connectivity index (χ0) is 11.5. The second-order valence-corrected chi connectivity index (χ2v) is 4.06. The smallest absolute Gasteiger partial charge is 0.151 e. The SMILES string of the molecule is c1cc(-n2ccc(N3CCNCC3)n2)ccn1. The Morgan fingerprint density at radius 3 is 2.59 bits per heavy atom. The molecule has 5 heteroatoms. The molecule has 0 bridgehead atoms. The summed E-state index contributed by atoms with van der Waals surface area (Å²) < 4.78 is 1.89. The Hall–Kier alpha value is -1.88. The van der Waals surface area contributed by atoms with Crippen LogP contribution in [0, 0.1) is 0 Å². The largest absolute Gasteiger partial charge is 0.353 e. The highest BCUT2D eigenvalue weighted by Crippen LogP contribution is 2.13. The van der Waals surface area contributed by atoms with Gasteiger partial charge in [-0.05, 0) is 12.1 Å². The molecule has 5 nitrogen and oxygen atoms in total. The minimum absolute atomic E-state index is 1.02. The van der Waals surface area contributed by atoms with E-state index in [-0.39, 0.29) is 0 Å². The monoisotopic (exact) mass is 229 g/mol. The summed E-state index contributed by atoms with van der Waals surface area (Å²) in [4.78, 5) is 6.31. The molecule has 0 saturated carbocycles. The van der Waals surface area contributed by atoms with Crippen molar-refractivity contribution in [3.8, 4) is 5.69 Å². The fourth-order valence-corrected chi connectivity index (χ4v) is 2.02. The first-order valence-electron chi connectivity index (χ1n) is 5.85. The van der Waals surface area contributed by atoms with Crippen molar-refractivity contribution in [3.63, 3.8) is 0 Å². The van der Waals surface area contributed by atoms with E-state index in [4.69, 9.17) is 0 Å². The molecule has 1 saturated heterocycles. The Bertz CT molecular complexity index is 473. The summed E-state index contributed by atoms with van der Waals surface area (Å²) in [6.45, 7) is 4.10.